The normalized spacial score (nSPS) is 11.6. The van der Waals surface area contributed by atoms with E-state index >= 15 is 0 Å². The molecule has 4 nitrogen and oxygen atoms in total. The molecular formula is C29H33N3OS. The molecule has 0 saturated heterocycles. The summed E-state index contributed by atoms with van der Waals surface area (Å²) in [6.07, 6.45) is 0. The number of thioether (sulfide) groups is 1. The van der Waals surface area contributed by atoms with E-state index in [4.69, 9.17) is 4.74 Å². The molecule has 4 aromatic rings. The zero-order chi connectivity index (χ0) is 24.3. The van der Waals surface area contributed by atoms with Gasteiger partial charge < -0.3 is 4.74 Å². The lowest BCUT2D eigenvalue weighted by Crippen LogP contribution is -2.10. The first-order chi connectivity index (χ1) is 16.3. The molecule has 0 aliphatic carbocycles. The van der Waals surface area contributed by atoms with Crippen LogP contribution in [-0.4, -0.2) is 21.4 Å². The van der Waals surface area contributed by atoms with Gasteiger partial charge in [-0.3, -0.25) is 4.57 Å². The molecule has 0 aliphatic heterocycles. The first-order valence-corrected chi connectivity index (χ1v) is 12.7. The summed E-state index contributed by atoms with van der Waals surface area (Å²) in [5.74, 6) is 2.54. The van der Waals surface area contributed by atoms with E-state index < -0.39 is 0 Å². The van der Waals surface area contributed by atoms with Crippen LogP contribution >= 0.6 is 11.8 Å². The fraction of sp³-hybridized carbons (Fsp3) is 0.310. The molecule has 0 spiro atoms. The van der Waals surface area contributed by atoms with Crippen LogP contribution in [-0.2, 0) is 11.2 Å². The van der Waals surface area contributed by atoms with Crippen LogP contribution in [0.25, 0.3) is 17.1 Å². The van der Waals surface area contributed by atoms with Gasteiger partial charge in [-0.05, 0) is 67.1 Å². The minimum Gasteiger partial charge on any atom is -0.494 e. The third-order valence-electron chi connectivity index (χ3n) is 5.91. The van der Waals surface area contributed by atoms with E-state index in [-0.39, 0.29) is 5.41 Å². The van der Waals surface area contributed by atoms with Gasteiger partial charge in [-0.15, -0.1) is 10.2 Å². The molecule has 0 fully saturated rings. The van der Waals surface area contributed by atoms with Crippen molar-refractivity contribution in [1.29, 1.82) is 0 Å². The van der Waals surface area contributed by atoms with Crippen molar-refractivity contribution in [3.63, 3.8) is 0 Å². The molecule has 0 aliphatic rings. The highest BCUT2D eigenvalue weighted by Gasteiger charge is 2.19. The third kappa shape index (κ3) is 5.36. The lowest BCUT2D eigenvalue weighted by molar-refractivity contribution is 0.340. The lowest BCUT2D eigenvalue weighted by atomic mass is 9.87. The summed E-state index contributed by atoms with van der Waals surface area (Å²) in [6.45, 7) is 13.6. The predicted octanol–water partition coefficient (Wildman–Crippen LogP) is 7.54. The minimum absolute atomic E-state index is 0.105. The molecule has 176 valence electrons. The summed E-state index contributed by atoms with van der Waals surface area (Å²) in [5, 5.41) is 10.1. The molecule has 0 N–H and O–H groups in total. The fourth-order valence-electron chi connectivity index (χ4n) is 3.86. The van der Waals surface area contributed by atoms with Crippen LogP contribution in [0.1, 0.15) is 49.9 Å². The highest BCUT2D eigenvalue weighted by atomic mass is 32.2. The minimum atomic E-state index is 0.105. The van der Waals surface area contributed by atoms with Crippen LogP contribution in [0.4, 0.5) is 0 Å². The number of hydrogen-bond donors (Lipinski definition) is 0. The molecule has 0 bridgehead atoms. The van der Waals surface area contributed by atoms with Crippen molar-refractivity contribution in [2.75, 3.05) is 6.61 Å². The van der Waals surface area contributed by atoms with Crippen molar-refractivity contribution in [1.82, 2.24) is 14.8 Å². The van der Waals surface area contributed by atoms with E-state index in [0.717, 1.165) is 33.7 Å². The summed E-state index contributed by atoms with van der Waals surface area (Å²) in [4.78, 5) is 0. The van der Waals surface area contributed by atoms with Gasteiger partial charge in [0.2, 0.25) is 0 Å². The van der Waals surface area contributed by atoms with E-state index in [2.05, 4.69) is 104 Å². The highest BCUT2D eigenvalue weighted by molar-refractivity contribution is 7.98. The molecule has 5 heteroatoms. The molecule has 0 saturated carbocycles. The molecule has 0 atom stereocenters. The number of benzene rings is 3. The third-order valence-corrected chi connectivity index (χ3v) is 6.89. The molecule has 3 aromatic carbocycles. The zero-order valence-corrected chi connectivity index (χ0v) is 21.7. The van der Waals surface area contributed by atoms with Crippen LogP contribution < -0.4 is 4.74 Å². The van der Waals surface area contributed by atoms with E-state index in [1.165, 1.54) is 22.3 Å². The van der Waals surface area contributed by atoms with Crippen molar-refractivity contribution < 1.29 is 4.74 Å². The maximum atomic E-state index is 5.65. The first kappa shape index (κ1) is 24.1. The Kier molecular flexibility index (Phi) is 7.13. The number of rotatable bonds is 7. The molecule has 1 aromatic heterocycles. The average molecular weight is 472 g/mol. The summed E-state index contributed by atoms with van der Waals surface area (Å²) in [5.41, 5.74) is 7.36. The molecule has 34 heavy (non-hydrogen) atoms. The predicted molar refractivity (Wildman–Crippen MR) is 142 cm³/mol. The van der Waals surface area contributed by atoms with E-state index in [9.17, 15) is 0 Å². The van der Waals surface area contributed by atoms with Crippen LogP contribution in [0.15, 0.2) is 71.9 Å². The second-order valence-electron chi connectivity index (χ2n) is 9.61. The molecule has 0 amide bonds. The van der Waals surface area contributed by atoms with Crippen molar-refractivity contribution in [3.8, 4) is 22.8 Å². The van der Waals surface area contributed by atoms with Gasteiger partial charge in [-0.25, -0.2) is 0 Å². The number of aromatic nitrogens is 3. The van der Waals surface area contributed by atoms with Gasteiger partial charge in [0.25, 0.3) is 0 Å². The van der Waals surface area contributed by atoms with Crippen LogP contribution in [0.5, 0.6) is 5.75 Å². The Bertz CT molecular complexity index is 1250. The Morgan fingerprint density at radius 2 is 1.59 bits per heavy atom. The SMILES string of the molecule is CCOc1ccc(-n2c(SCc3cc(C)ccc3C)nnc2-c2ccc(C(C)(C)C)cc2)cc1. The summed E-state index contributed by atoms with van der Waals surface area (Å²) >= 11 is 1.71. The fourth-order valence-corrected chi connectivity index (χ4v) is 4.87. The van der Waals surface area contributed by atoms with E-state index in [1.54, 1.807) is 11.8 Å². The molecule has 4 rings (SSSR count). The Morgan fingerprint density at radius 3 is 2.24 bits per heavy atom. The number of hydrogen-bond acceptors (Lipinski definition) is 4. The Hall–Kier alpha value is -3.05. The van der Waals surface area contributed by atoms with Crippen molar-refractivity contribution in [2.45, 2.75) is 57.9 Å². The highest BCUT2D eigenvalue weighted by Crippen LogP contribution is 2.32. The summed E-state index contributed by atoms with van der Waals surface area (Å²) in [6, 6.07) is 23.4. The maximum Gasteiger partial charge on any atom is 0.196 e. The first-order valence-electron chi connectivity index (χ1n) is 11.7. The number of aryl methyl sites for hydroxylation is 2. The second kappa shape index (κ2) is 10.1. The second-order valence-corrected chi connectivity index (χ2v) is 10.6. The quantitative estimate of drug-likeness (QED) is 0.261. The van der Waals surface area contributed by atoms with Gasteiger partial charge in [0.1, 0.15) is 5.75 Å². The van der Waals surface area contributed by atoms with Crippen molar-refractivity contribution in [3.05, 3.63) is 89.0 Å². The lowest BCUT2D eigenvalue weighted by Gasteiger charge is -2.19. The number of nitrogens with zero attached hydrogens (tertiary/aromatic N) is 3. The van der Waals surface area contributed by atoms with Crippen molar-refractivity contribution >= 4 is 11.8 Å². The van der Waals surface area contributed by atoms with Crippen LogP contribution in [0, 0.1) is 13.8 Å². The molecule has 0 unspecified atom stereocenters. The van der Waals surface area contributed by atoms with Gasteiger partial charge in [-0.2, -0.15) is 0 Å². The molecular weight excluding hydrogens is 438 g/mol. The number of ether oxygens (including phenoxy) is 1. The Labute approximate surface area is 207 Å². The van der Waals surface area contributed by atoms with E-state index in [1.807, 2.05) is 19.1 Å². The van der Waals surface area contributed by atoms with Gasteiger partial charge in [0.05, 0.1) is 6.61 Å². The molecule has 1 heterocycles. The Morgan fingerprint density at radius 1 is 0.882 bits per heavy atom. The van der Waals surface area contributed by atoms with Crippen LogP contribution in [0.3, 0.4) is 0 Å². The van der Waals surface area contributed by atoms with Gasteiger partial charge in [0.15, 0.2) is 11.0 Å². The standard InChI is InChI=1S/C29H33N3OS/c1-7-33-26-16-14-25(15-17-26)32-27(22-10-12-24(13-11-22)29(4,5)6)30-31-28(32)34-19-23-18-20(2)8-9-21(23)3/h8-18H,7,19H2,1-6H3. The average Bonchev–Trinajstić information content (AvgIpc) is 3.24. The largest absolute Gasteiger partial charge is 0.494 e. The van der Waals surface area contributed by atoms with E-state index in [0.29, 0.717) is 6.61 Å². The summed E-state index contributed by atoms with van der Waals surface area (Å²) < 4.78 is 7.80. The topological polar surface area (TPSA) is 39.9 Å². The molecule has 0 radical (unpaired) electrons. The smallest absolute Gasteiger partial charge is 0.196 e. The van der Waals surface area contributed by atoms with Gasteiger partial charge in [0, 0.05) is 17.0 Å². The van der Waals surface area contributed by atoms with Gasteiger partial charge >= 0.3 is 0 Å². The monoisotopic (exact) mass is 471 g/mol. The Balaban J connectivity index is 1.73. The maximum absolute atomic E-state index is 5.65. The van der Waals surface area contributed by atoms with Gasteiger partial charge in [-0.1, -0.05) is 80.6 Å². The van der Waals surface area contributed by atoms with Crippen LogP contribution in [0.2, 0.25) is 0 Å². The summed E-state index contributed by atoms with van der Waals surface area (Å²) in [7, 11) is 0. The zero-order valence-electron chi connectivity index (χ0n) is 20.9. The van der Waals surface area contributed by atoms with Crippen molar-refractivity contribution in [2.24, 2.45) is 0 Å².